The lowest BCUT2D eigenvalue weighted by atomic mass is 9.71. The summed E-state index contributed by atoms with van der Waals surface area (Å²) in [5.41, 5.74) is -1.06. The van der Waals surface area contributed by atoms with Gasteiger partial charge in [-0.25, -0.2) is 0 Å². The summed E-state index contributed by atoms with van der Waals surface area (Å²) >= 11 is 0. The maximum Gasteiger partial charge on any atom is 0.167 e. The molecule has 1 fully saturated rings. The number of hydrogen-bond acceptors (Lipinski definition) is 2. The molecule has 0 aromatic carbocycles. The largest absolute Gasteiger partial charge is 0.382 e. The van der Waals surface area contributed by atoms with Crippen LogP contribution in [0.5, 0.6) is 0 Å². The van der Waals surface area contributed by atoms with Crippen molar-refractivity contribution < 1.29 is 9.90 Å². The first-order valence-electron chi connectivity index (χ1n) is 6.71. The molecule has 1 saturated carbocycles. The van der Waals surface area contributed by atoms with E-state index in [-0.39, 0.29) is 11.7 Å². The second-order valence-electron chi connectivity index (χ2n) is 5.57. The van der Waals surface area contributed by atoms with Gasteiger partial charge in [0.1, 0.15) is 5.60 Å². The lowest BCUT2D eigenvalue weighted by molar-refractivity contribution is -0.144. The van der Waals surface area contributed by atoms with Crippen LogP contribution < -0.4 is 0 Å². The molecule has 1 N–H and O–H groups in total. The first-order chi connectivity index (χ1) is 7.44. The standard InChI is InChI=1S/C14H26O2/c1-5-14(16,6-2)13(15)12-8-7-10(3)11(4)9-12/h10-12,16H,5-9H2,1-4H3. The first-order valence-corrected chi connectivity index (χ1v) is 6.71. The second kappa shape index (κ2) is 5.31. The SMILES string of the molecule is CCC(O)(CC)C(=O)C1CCC(C)C(C)C1. The van der Waals surface area contributed by atoms with Crippen molar-refractivity contribution in [3.05, 3.63) is 0 Å². The normalized spacial score (nSPS) is 31.4. The number of carbonyl (C=O) groups is 1. The predicted molar refractivity (Wildman–Crippen MR) is 66.2 cm³/mol. The lowest BCUT2D eigenvalue weighted by Crippen LogP contribution is -2.43. The minimum Gasteiger partial charge on any atom is -0.382 e. The smallest absolute Gasteiger partial charge is 0.167 e. The van der Waals surface area contributed by atoms with Crippen molar-refractivity contribution in [1.29, 1.82) is 0 Å². The Kier molecular flexibility index (Phi) is 4.54. The average molecular weight is 226 g/mol. The molecular formula is C14H26O2. The van der Waals surface area contributed by atoms with Crippen LogP contribution >= 0.6 is 0 Å². The van der Waals surface area contributed by atoms with Crippen molar-refractivity contribution >= 4 is 5.78 Å². The van der Waals surface area contributed by atoms with Gasteiger partial charge in [0.15, 0.2) is 5.78 Å². The quantitative estimate of drug-likeness (QED) is 0.799. The van der Waals surface area contributed by atoms with E-state index in [1.165, 1.54) is 0 Å². The second-order valence-corrected chi connectivity index (χ2v) is 5.57. The van der Waals surface area contributed by atoms with Gasteiger partial charge >= 0.3 is 0 Å². The molecular weight excluding hydrogens is 200 g/mol. The summed E-state index contributed by atoms with van der Waals surface area (Å²) in [5, 5.41) is 10.3. The Balaban J connectivity index is 2.68. The zero-order valence-electron chi connectivity index (χ0n) is 11.1. The van der Waals surface area contributed by atoms with Crippen LogP contribution in [-0.4, -0.2) is 16.5 Å². The molecule has 0 aromatic rings. The van der Waals surface area contributed by atoms with Crippen molar-refractivity contribution in [2.45, 2.75) is 65.4 Å². The van der Waals surface area contributed by atoms with Gasteiger partial charge in [0.2, 0.25) is 0 Å². The zero-order chi connectivity index (χ0) is 12.3. The molecule has 0 saturated heterocycles. The van der Waals surface area contributed by atoms with E-state index < -0.39 is 5.60 Å². The summed E-state index contributed by atoms with van der Waals surface area (Å²) in [7, 11) is 0. The molecule has 1 aliphatic rings. The fourth-order valence-electron chi connectivity index (χ4n) is 2.76. The molecule has 2 nitrogen and oxygen atoms in total. The van der Waals surface area contributed by atoms with Crippen LogP contribution in [0.3, 0.4) is 0 Å². The molecule has 94 valence electrons. The van der Waals surface area contributed by atoms with Gasteiger partial charge in [-0.3, -0.25) is 4.79 Å². The Hall–Kier alpha value is -0.370. The Morgan fingerprint density at radius 1 is 1.19 bits per heavy atom. The summed E-state index contributed by atoms with van der Waals surface area (Å²) in [4.78, 5) is 12.3. The van der Waals surface area contributed by atoms with E-state index in [1.807, 2.05) is 13.8 Å². The predicted octanol–water partition coefficient (Wildman–Crippen LogP) is 3.18. The summed E-state index contributed by atoms with van der Waals surface area (Å²) in [6, 6.07) is 0. The fraction of sp³-hybridized carbons (Fsp3) is 0.929. The van der Waals surface area contributed by atoms with E-state index in [1.54, 1.807) is 0 Å². The molecule has 0 amide bonds. The summed E-state index contributed by atoms with van der Waals surface area (Å²) in [6.07, 6.45) is 4.14. The Morgan fingerprint density at radius 2 is 1.75 bits per heavy atom. The minimum absolute atomic E-state index is 0.0936. The van der Waals surface area contributed by atoms with Crippen LogP contribution in [0.2, 0.25) is 0 Å². The molecule has 0 radical (unpaired) electrons. The summed E-state index contributed by atoms with van der Waals surface area (Å²) in [6.45, 7) is 8.28. The molecule has 2 heteroatoms. The number of aliphatic hydroxyl groups is 1. The number of rotatable bonds is 4. The lowest BCUT2D eigenvalue weighted by Gasteiger charge is -2.35. The molecule has 1 aliphatic carbocycles. The van der Waals surface area contributed by atoms with Crippen molar-refractivity contribution in [3.8, 4) is 0 Å². The van der Waals surface area contributed by atoms with E-state index in [2.05, 4.69) is 13.8 Å². The monoisotopic (exact) mass is 226 g/mol. The van der Waals surface area contributed by atoms with Crippen LogP contribution in [-0.2, 0) is 4.79 Å². The zero-order valence-corrected chi connectivity index (χ0v) is 11.1. The van der Waals surface area contributed by atoms with Gasteiger partial charge in [-0.15, -0.1) is 0 Å². The van der Waals surface area contributed by atoms with Gasteiger partial charge in [0.05, 0.1) is 0 Å². The summed E-state index contributed by atoms with van der Waals surface area (Å²) in [5.74, 6) is 1.52. The van der Waals surface area contributed by atoms with Crippen LogP contribution in [0.15, 0.2) is 0 Å². The number of carbonyl (C=O) groups excluding carboxylic acids is 1. The van der Waals surface area contributed by atoms with E-state index in [0.717, 1.165) is 25.2 Å². The molecule has 0 spiro atoms. The molecule has 0 heterocycles. The Labute approximate surface area is 99.4 Å². The molecule has 16 heavy (non-hydrogen) atoms. The molecule has 3 unspecified atom stereocenters. The van der Waals surface area contributed by atoms with E-state index in [9.17, 15) is 9.90 Å². The Morgan fingerprint density at radius 3 is 2.19 bits per heavy atom. The van der Waals surface area contributed by atoms with Crippen molar-refractivity contribution in [2.75, 3.05) is 0 Å². The van der Waals surface area contributed by atoms with Gasteiger partial charge in [0, 0.05) is 5.92 Å². The fourth-order valence-corrected chi connectivity index (χ4v) is 2.76. The molecule has 0 aliphatic heterocycles. The van der Waals surface area contributed by atoms with Crippen molar-refractivity contribution in [3.63, 3.8) is 0 Å². The third kappa shape index (κ3) is 2.65. The van der Waals surface area contributed by atoms with Gasteiger partial charge in [-0.05, 0) is 43.9 Å². The van der Waals surface area contributed by atoms with Crippen LogP contribution in [0, 0.1) is 17.8 Å². The maximum atomic E-state index is 12.3. The highest BCUT2D eigenvalue weighted by molar-refractivity contribution is 5.89. The van der Waals surface area contributed by atoms with E-state index >= 15 is 0 Å². The van der Waals surface area contributed by atoms with E-state index in [4.69, 9.17) is 0 Å². The topological polar surface area (TPSA) is 37.3 Å². The third-order valence-corrected chi connectivity index (χ3v) is 4.60. The molecule has 3 atom stereocenters. The summed E-state index contributed by atoms with van der Waals surface area (Å²) < 4.78 is 0. The molecule has 0 aromatic heterocycles. The number of hydrogen-bond donors (Lipinski definition) is 1. The first kappa shape index (κ1) is 13.7. The Bertz CT molecular complexity index is 243. The number of ketones is 1. The van der Waals surface area contributed by atoms with Crippen molar-refractivity contribution in [1.82, 2.24) is 0 Å². The number of Topliss-reactive ketones (excluding diaryl/α,β-unsaturated/α-hetero) is 1. The van der Waals surface area contributed by atoms with E-state index in [0.29, 0.717) is 18.8 Å². The van der Waals surface area contributed by atoms with Crippen molar-refractivity contribution in [2.24, 2.45) is 17.8 Å². The van der Waals surface area contributed by atoms with Crippen LogP contribution in [0.1, 0.15) is 59.8 Å². The molecule has 0 bridgehead atoms. The van der Waals surface area contributed by atoms with Crippen LogP contribution in [0.25, 0.3) is 0 Å². The minimum atomic E-state index is -1.06. The third-order valence-electron chi connectivity index (χ3n) is 4.60. The highest BCUT2D eigenvalue weighted by Gasteiger charge is 2.39. The highest BCUT2D eigenvalue weighted by atomic mass is 16.3. The van der Waals surface area contributed by atoms with Gasteiger partial charge < -0.3 is 5.11 Å². The average Bonchev–Trinajstić information content (AvgIpc) is 2.30. The van der Waals surface area contributed by atoms with Crippen LogP contribution in [0.4, 0.5) is 0 Å². The maximum absolute atomic E-state index is 12.3. The molecule has 1 rings (SSSR count). The highest BCUT2D eigenvalue weighted by Crippen LogP contribution is 2.36. The van der Waals surface area contributed by atoms with Gasteiger partial charge in [0.25, 0.3) is 0 Å². The van der Waals surface area contributed by atoms with Gasteiger partial charge in [-0.2, -0.15) is 0 Å². The van der Waals surface area contributed by atoms with Gasteiger partial charge in [-0.1, -0.05) is 27.7 Å².